The maximum absolute atomic E-state index is 12.2. The monoisotopic (exact) mass is 348 g/mol. The summed E-state index contributed by atoms with van der Waals surface area (Å²) in [7, 11) is 0. The number of nitrogens with one attached hydrogen (secondary N) is 1. The number of carbonyl (C=O) groups is 1. The molecule has 3 aromatic rings. The highest BCUT2D eigenvalue weighted by Crippen LogP contribution is 2.22. The second-order valence-corrected chi connectivity index (χ2v) is 6.10. The molecule has 0 saturated heterocycles. The summed E-state index contributed by atoms with van der Waals surface area (Å²) in [6.07, 6.45) is 0. The van der Waals surface area contributed by atoms with Crippen LogP contribution in [0.2, 0.25) is 0 Å². The van der Waals surface area contributed by atoms with Gasteiger partial charge in [-0.3, -0.25) is 10.1 Å². The first-order chi connectivity index (χ1) is 12.3. The molecule has 0 fully saturated rings. The largest absolute Gasteiger partial charge is 0.398 e. The number of aryl methyl sites for hydroxylation is 3. The van der Waals surface area contributed by atoms with Crippen molar-refractivity contribution in [1.82, 2.24) is 15.3 Å². The first-order valence-electron chi connectivity index (χ1n) is 8.11. The molecule has 0 bridgehead atoms. The molecule has 0 unspecified atom stereocenters. The molecule has 3 rings (SSSR count). The predicted molar refractivity (Wildman–Crippen MR) is 103 cm³/mol. The number of benzene rings is 2. The molecule has 0 spiro atoms. The van der Waals surface area contributed by atoms with Crippen LogP contribution in [-0.4, -0.2) is 21.8 Å². The zero-order valence-electron chi connectivity index (χ0n) is 14.9. The van der Waals surface area contributed by atoms with E-state index in [0.29, 0.717) is 11.3 Å². The number of aliphatic imine (C=N–C) groups is 1. The van der Waals surface area contributed by atoms with Crippen molar-refractivity contribution in [3.63, 3.8) is 0 Å². The lowest BCUT2D eigenvalue weighted by atomic mass is 10.1. The summed E-state index contributed by atoms with van der Waals surface area (Å²) >= 11 is 0. The van der Waals surface area contributed by atoms with Gasteiger partial charge in [0.2, 0.25) is 5.96 Å². The number of para-hydroxylation sites is 1. The molecule has 0 aliphatic carbocycles. The lowest BCUT2D eigenvalue weighted by Gasteiger charge is -2.08. The Kier molecular flexibility index (Phi) is 4.53. The third-order valence-electron chi connectivity index (χ3n) is 4.16. The standard InChI is InChI=1S/C19H20N6O/c1-10-8-14-12(3)22-19(23-16(14)9-11(10)2)25-18(21)24-17(26)13-6-4-5-7-15(13)20/h4-9H,20H2,1-3H3,(H3,21,22,23,24,25,26). The Balaban J connectivity index is 1.90. The van der Waals surface area contributed by atoms with E-state index in [2.05, 4.69) is 26.3 Å². The lowest BCUT2D eigenvalue weighted by molar-refractivity contribution is 0.0977. The van der Waals surface area contributed by atoms with Crippen molar-refractivity contribution in [3.8, 4) is 0 Å². The number of amides is 1. The summed E-state index contributed by atoms with van der Waals surface area (Å²) in [5, 5.41) is 3.47. The molecule has 0 atom stereocenters. The summed E-state index contributed by atoms with van der Waals surface area (Å²) in [5.74, 6) is -0.341. The molecule has 1 aromatic heterocycles. The van der Waals surface area contributed by atoms with Gasteiger partial charge >= 0.3 is 0 Å². The van der Waals surface area contributed by atoms with Crippen molar-refractivity contribution >= 4 is 34.4 Å². The predicted octanol–water partition coefficient (Wildman–Crippen LogP) is 2.51. The second kappa shape index (κ2) is 6.79. The van der Waals surface area contributed by atoms with Gasteiger partial charge in [-0.2, -0.15) is 4.99 Å². The fourth-order valence-corrected chi connectivity index (χ4v) is 2.60. The minimum Gasteiger partial charge on any atom is -0.398 e. The van der Waals surface area contributed by atoms with Crippen LogP contribution in [0.3, 0.4) is 0 Å². The van der Waals surface area contributed by atoms with E-state index < -0.39 is 5.91 Å². The van der Waals surface area contributed by atoms with Crippen LogP contribution < -0.4 is 16.8 Å². The van der Waals surface area contributed by atoms with Crippen LogP contribution >= 0.6 is 0 Å². The van der Waals surface area contributed by atoms with E-state index in [1.165, 1.54) is 5.56 Å². The summed E-state index contributed by atoms with van der Waals surface area (Å²) in [4.78, 5) is 25.1. The molecule has 7 heteroatoms. The molecule has 0 aliphatic heterocycles. The third kappa shape index (κ3) is 3.46. The number of fused-ring (bicyclic) bond motifs is 1. The highest BCUT2D eigenvalue weighted by atomic mass is 16.1. The third-order valence-corrected chi connectivity index (χ3v) is 4.16. The van der Waals surface area contributed by atoms with Crippen LogP contribution in [0.15, 0.2) is 41.4 Å². The average molecular weight is 348 g/mol. The van der Waals surface area contributed by atoms with Gasteiger partial charge in [0, 0.05) is 11.1 Å². The Morgan fingerprint density at radius 2 is 1.77 bits per heavy atom. The van der Waals surface area contributed by atoms with Crippen LogP contribution in [0.4, 0.5) is 11.6 Å². The van der Waals surface area contributed by atoms with E-state index in [0.717, 1.165) is 22.2 Å². The Hall–Kier alpha value is -3.48. The molecule has 7 nitrogen and oxygen atoms in total. The number of guanidine groups is 1. The Labute approximate surface area is 151 Å². The molecule has 0 saturated carbocycles. The topological polar surface area (TPSA) is 119 Å². The first-order valence-corrected chi connectivity index (χ1v) is 8.11. The quantitative estimate of drug-likeness (QED) is 0.373. The molecule has 132 valence electrons. The van der Waals surface area contributed by atoms with Crippen LogP contribution in [0.1, 0.15) is 27.2 Å². The van der Waals surface area contributed by atoms with Crippen molar-refractivity contribution < 1.29 is 4.79 Å². The maximum atomic E-state index is 12.2. The van der Waals surface area contributed by atoms with Gasteiger partial charge in [0.05, 0.1) is 16.8 Å². The summed E-state index contributed by atoms with van der Waals surface area (Å²) in [5.41, 5.74) is 16.2. The molecular formula is C19H20N6O. The average Bonchev–Trinajstić information content (AvgIpc) is 2.57. The van der Waals surface area contributed by atoms with Gasteiger partial charge in [-0.25, -0.2) is 9.97 Å². The number of nitrogens with zero attached hydrogens (tertiary/aromatic N) is 3. The molecule has 1 amide bonds. The van der Waals surface area contributed by atoms with Crippen LogP contribution in [0, 0.1) is 20.8 Å². The molecular weight excluding hydrogens is 328 g/mol. The number of hydrogen-bond acceptors (Lipinski definition) is 5. The fourth-order valence-electron chi connectivity index (χ4n) is 2.60. The van der Waals surface area contributed by atoms with Crippen molar-refractivity contribution in [2.24, 2.45) is 10.7 Å². The zero-order chi connectivity index (χ0) is 18.8. The van der Waals surface area contributed by atoms with Crippen LogP contribution in [-0.2, 0) is 0 Å². The first kappa shape index (κ1) is 17.3. The van der Waals surface area contributed by atoms with E-state index >= 15 is 0 Å². The van der Waals surface area contributed by atoms with E-state index in [1.54, 1.807) is 24.3 Å². The number of carbonyl (C=O) groups excluding carboxylic acids is 1. The number of nitrogen functional groups attached to an aromatic ring is 1. The lowest BCUT2D eigenvalue weighted by Crippen LogP contribution is -2.36. The number of nitrogens with two attached hydrogens (primary N) is 2. The van der Waals surface area contributed by atoms with E-state index in [9.17, 15) is 4.79 Å². The molecule has 2 aromatic carbocycles. The summed E-state index contributed by atoms with van der Waals surface area (Å²) < 4.78 is 0. The number of anilines is 1. The Morgan fingerprint density at radius 3 is 2.50 bits per heavy atom. The Morgan fingerprint density at radius 1 is 1.08 bits per heavy atom. The van der Waals surface area contributed by atoms with Crippen molar-refractivity contribution in [2.45, 2.75) is 20.8 Å². The second-order valence-electron chi connectivity index (χ2n) is 6.10. The van der Waals surface area contributed by atoms with Gasteiger partial charge in [0.25, 0.3) is 11.9 Å². The highest BCUT2D eigenvalue weighted by Gasteiger charge is 2.11. The Bertz CT molecular complexity index is 1040. The van der Waals surface area contributed by atoms with Gasteiger partial charge in [0.15, 0.2) is 0 Å². The SMILES string of the molecule is Cc1cc2nc(/N=C(/N)NC(=O)c3ccccc3N)nc(C)c2cc1C. The molecule has 26 heavy (non-hydrogen) atoms. The highest BCUT2D eigenvalue weighted by molar-refractivity contribution is 6.08. The van der Waals surface area contributed by atoms with Gasteiger partial charge in [-0.15, -0.1) is 0 Å². The van der Waals surface area contributed by atoms with Gasteiger partial charge in [-0.05, 0) is 56.2 Å². The molecule has 1 heterocycles. The zero-order valence-corrected chi connectivity index (χ0v) is 14.9. The normalized spacial score (nSPS) is 11.6. The van der Waals surface area contributed by atoms with E-state index in [1.807, 2.05) is 26.8 Å². The molecule has 5 N–H and O–H groups in total. The maximum Gasteiger partial charge on any atom is 0.260 e. The van der Waals surface area contributed by atoms with Gasteiger partial charge in [0.1, 0.15) is 0 Å². The summed E-state index contributed by atoms with van der Waals surface area (Å²) in [6, 6.07) is 10.8. The van der Waals surface area contributed by atoms with E-state index in [-0.39, 0.29) is 11.9 Å². The molecule has 0 radical (unpaired) electrons. The van der Waals surface area contributed by atoms with Crippen molar-refractivity contribution in [2.75, 3.05) is 5.73 Å². The smallest absolute Gasteiger partial charge is 0.260 e. The van der Waals surface area contributed by atoms with Crippen molar-refractivity contribution in [3.05, 3.63) is 58.8 Å². The number of aromatic nitrogens is 2. The summed E-state index contributed by atoms with van der Waals surface area (Å²) in [6.45, 7) is 5.95. The van der Waals surface area contributed by atoms with Crippen LogP contribution in [0.5, 0.6) is 0 Å². The van der Waals surface area contributed by atoms with Crippen LogP contribution in [0.25, 0.3) is 10.9 Å². The molecule has 0 aliphatic rings. The van der Waals surface area contributed by atoms with Gasteiger partial charge in [-0.1, -0.05) is 12.1 Å². The number of rotatable bonds is 2. The van der Waals surface area contributed by atoms with Crippen molar-refractivity contribution in [1.29, 1.82) is 0 Å². The number of hydrogen-bond donors (Lipinski definition) is 3. The fraction of sp³-hybridized carbons (Fsp3) is 0.158. The van der Waals surface area contributed by atoms with Gasteiger partial charge < -0.3 is 11.5 Å². The minimum absolute atomic E-state index is 0.0964. The van der Waals surface area contributed by atoms with E-state index in [4.69, 9.17) is 11.5 Å². The minimum atomic E-state index is -0.437.